The maximum atomic E-state index is 6.14. The Bertz CT molecular complexity index is 249. The molecule has 1 aliphatic rings. The Morgan fingerprint density at radius 2 is 1.70 bits per heavy atom. The first-order valence-corrected chi connectivity index (χ1v) is 8.77. The van der Waals surface area contributed by atoms with Crippen LogP contribution in [0, 0.1) is 5.92 Å². The molecule has 0 bridgehead atoms. The molecule has 0 aromatic carbocycles. The molecule has 0 aromatic heterocycles. The number of hydrogen-bond acceptors (Lipinski definition) is 3. The summed E-state index contributed by atoms with van der Waals surface area (Å²) in [6, 6.07) is 0. The van der Waals surface area contributed by atoms with Gasteiger partial charge in [0.2, 0.25) is 0 Å². The van der Waals surface area contributed by atoms with E-state index in [0.717, 1.165) is 19.0 Å². The zero-order valence-electron chi connectivity index (χ0n) is 14.3. The van der Waals surface area contributed by atoms with Crippen LogP contribution < -0.4 is 5.73 Å². The van der Waals surface area contributed by atoms with E-state index in [0.29, 0.717) is 0 Å². The van der Waals surface area contributed by atoms with Crippen LogP contribution in [0.15, 0.2) is 0 Å². The molecule has 1 rings (SSSR count). The Morgan fingerprint density at radius 1 is 1.05 bits per heavy atom. The summed E-state index contributed by atoms with van der Waals surface area (Å²) in [7, 11) is 0. The summed E-state index contributed by atoms with van der Waals surface area (Å²) in [4.78, 5) is 5.15. The van der Waals surface area contributed by atoms with Gasteiger partial charge in [0.1, 0.15) is 0 Å². The molecule has 0 radical (unpaired) electrons. The lowest BCUT2D eigenvalue weighted by Gasteiger charge is -2.44. The van der Waals surface area contributed by atoms with Crippen LogP contribution in [0.1, 0.15) is 59.8 Å². The van der Waals surface area contributed by atoms with Gasteiger partial charge in [-0.3, -0.25) is 4.90 Å². The third kappa shape index (κ3) is 5.01. The van der Waals surface area contributed by atoms with E-state index in [1.807, 2.05) is 0 Å². The summed E-state index contributed by atoms with van der Waals surface area (Å²) in [5.74, 6) is 0.931. The summed E-state index contributed by atoms with van der Waals surface area (Å²) in [6.07, 6.45) is 6.83. The first kappa shape index (κ1) is 17.9. The number of nitrogens with zero attached hydrogens (tertiary/aromatic N) is 2. The van der Waals surface area contributed by atoms with Crippen LogP contribution >= 0.6 is 0 Å². The third-order valence-electron chi connectivity index (χ3n) is 5.33. The molecule has 0 aromatic rings. The molecule has 0 aliphatic heterocycles. The van der Waals surface area contributed by atoms with E-state index in [4.69, 9.17) is 5.73 Å². The highest BCUT2D eigenvalue weighted by Gasteiger charge is 2.34. The van der Waals surface area contributed by atoms with Crippen molar-refractivity contribution < 1.29 is 0 Å². The lowest BCUT2D eigenvalue weighted by atomic mass is 9.76. The molecule has 0 amide bonds. The molecule has 0 saturated heterocycles. The molecular weight excluding hydrogens is 246 g/mol. The van der Waals surface area contributed by atoms with Gasteiger partial charge in [-0.1, -0.05) is 40.0 Å². The van der Waals surface area contributed by atoms with Gasteiger partial charge >= 0.3 is 0 Å². The second-order valence-corrected chi connectivity index (χ2v) is 6.66. The molecule has 0 spiro atoms. The molecule has 3 nitrogen and oxygen atoms in total. The summed E-state index contributed by atoms with van der Waals surface area (Å²) >= 11 is 0. The smallest absolute Gasteiger partial charge is 0.0306 e. The van der Waals surface area contributed by atoms with E-state index in [9.17, 15) is 0 Å². The summed E-state index contributed by atoms with van der Waals surface area (Å²) in [5.41, 5.74) is 6.35. The topological polar surface area (TPSA) is 32.5 Å². The highest BCUT2D eigenvalue weighted by atomic mass is 15.2. The number of likely N-dealkylation sites (N-methyl/N-ethyl adjacent to an activating group) is 1. The SMILES string of the molecule is CCN(CC)CCCN(CC)C(C)(CN)CC1CCC1. The van der Waals surface area contributed by atoms with Crippen molar-refractivity contribution in [2.75, 3.05) is 39.3 Å². The summed E-state index contributed by atoms with van der Waals surface area (Å²) in [6.45, 7) is 15.8. The normalized spacial score (nSPS) is 19.4. The van der Waals surface area contributed by atoms with E-state index in [1.54, 1.807) is 0 Å². The predicted molar refractivity (Wildman–Crippen MR) is 89.1 cm³/mol. The van der Waals surface area contributed by atoms with Gasteiger partial charge in [-0.25, -0.2) is 0 Å². The highest BCUT2D eigenvalue weighted by Crippen LogP contribution is 2.35. The standard InChI is InChI=1S/C17H37N3/c1-5-19(6-2)12-9-13-20(7-3)17(4,15-18)14-16-10-8-11-16/h16H,5-15,18H2,1-4H3. The molecule has 1 unspecified atom stereocenters. The van der Waals surface area contributed by atoms with Crippen molar-refractivity contribution >= 4 is 0 Å². The van der Waals surface area contributed by atoms with Crippen molar-refractivity contribution in [3.8, 4) is 0 Å². The van der Waals surface area contributed by atoms with Crippen LogP contribution in [0.3, 0.4) is 0 Å². The van der Waals surface area contributed by atoms with Crippen LogP contribution in [-0.4, -0.2) is 54.6 Å². The number of rotatable bonds is 11. The molecular formula is C17H37N3. The maximum absolute atomic E-state index is 6.14. The zero-order valence-corrected chi connectivity index (χ0v) is 14.3. The largest absolute Gasteiger partial charge is 0.329 e. The number of hydrogen-bond donors (Lipinski definition) is 1. The molecule has 1 fully saturated rings. The Kier molecular flexibility index (Phi) is 8.08. The summed E-state index contributed by atoms with van der Waals surface area (Å²) in [5, 5.41) is 0. The predicted octanol–water partition coefficient (Wildman–Crippen LogP) is 2.95. The van der Waals surface area contributed by atoms with E-state index < -0.39 is 0 Å². The first-order valence-electron chi connectivity index (χ1n) is 8.77. The Hall–Kier alpha value is -0.120. The fourth-order valence-electron chi connectivity index (χ4n) is 3.50. The lowest BCUT2D eigenvalue weighted by molar-refractivity contribution is 0.0686. The molecule has 2 N–H and O–H groups in total. The van der Waals surface area contributed by atoms with E-state index in [2.05, 4.69) is 37.5 Å². The van der Waals surface area contributed by atoms with Crippen LogP contribution in [0.2, 0.25) is 0 Å². The van der Waals surface area contributed by atoms with Gasteiger partial charge in [-0.2, -0.15) is 0 Å². The Labute approximate surface area is 126 Å². The monoisotopic (exact) mass is 283 g/mol. The van der Waals surface area contributed by atoms with Gasteiger partial charge in [0.15, 0.2) is 0 Å². The van der Waals surface area contributed by atoms with Gasteiger partial charge in [0.25, 0.3) is 0 Å². The number of nitrogens with two attached hydrogens (primary N) is 1. The Morgan fingerprint density at radius 3 is 2.10 bits per heavy atom. The maximum Gasteiger partial charge on any atom is 0.0306 e. The minimum atomic E-state index is 0.211. The van der Waals surface area contributed by atoms with Gasteiger partial charge in [0, 0.05) is 12.1 Å². The average Bonchev–Trinajstić information content (AvgIpc) is 2.43. The molecule has 0 heterocycles. The Balaban J connectivity index is 2.44. The van der Waals surface area contributed by atoms with Crippen molar-refractivity contribution in [1.29, 1.82) is 0 Å². The van der Waals surface area contributed by atoms with Crippen LogP contribution in [-0.2, 0) is 0 Å². The molecule has 120 valence electrons. The van der Waals surface area contributed by atoms with Crippen LogP contribution in [0.5, 0.6) is 0 Å². The fourth-order valence-corrected chi connectivity index (χ4v) is 3.50. The minimum Gasteiger partial charge on any atom is -0.329 e. The van der Waals surface area contributed by atoms with Crippen molar-refractivity contribution in [2.24, 2.45) is 11.7 Å². The van der Waals surface area contributed by atoms with Gasteiger partial charge in [-0.05, 0) is 58.4 Å². The van der Waals surface area contributed by atoms with E-state index in [-0.39, 0.29) is 5.54 Å². The third-order valence-corrected chi connectivity index (χ3v) is 5.33. The minimum absolute atomic E-state index is 0.211. The molecule has 1 aliphatic carbocycles. The fraction of sp³-hybridized carbons (Fsp3) is 1.00. The van der Waals surface area contributed by atoms with Gasteiger partial charge in [-0.15, -0.1) is 0 Å². The summed E-state index contributed by atoms with van der Waals surface area (Å²) < 4.78 is 0. The first-order chi connectivity index (χ1) is 9.59. The van der Waals surface area contributed by atoms with Gasteiger partial charge < -0.3 is 10.6 Å². The molecule has 1 saturated carbocycles. The van der Waals surface area contributed by atoms with E-state index in [1.165, 1.54) is 58.3 Å². The van der Waals surface area contributed by atoms with Crippen molar-refractivity contribution in [1.82, 2.24) is 9.80 Å². The van der Waals surface area contributed by atoms with Crippen LogP contribution in [0.4, 0.5) is 0 Å². The van der Waals surface area contributed by atoms with E-state index >= 15 is 0 Å². The second-order valence-electron chi connectivity index (χ2n) is 6.66. The second kappa shape index (κ2) is 9.01. The van der Waals surface area contributed by atoms with Crippen molar-refractivity contribution in [2.45, 2.75) is 65.3 Å². The van der Waals surface area contributed by atoms with Gasteiger partial charge in [0.05, 0.1) is 0 Å². The zero-order chi connectivity index (χ0) is 15.0. The quantitative estimate of drug-likeness (QED) is 0.633. The van der Waals surface area contributed by atoms with Crippen molar-refractivity contribution in [3.05, 3.63) is 0 Å². The van der Waals surface area contributed by atoms with Crippen molar-refractivity contribution in [3.63, 3.8) is 0 Å². The molecule has 1 atom stereocenters. The molecule has 3 heteroatoms. The molecule has 20 heavy (non-hydrogen) atoms. The highest BCUT2D eigenvalue weighted by molar-refractivity contribution is 4.91. The van der Waals surface area contributed by atoms with Crippen LogP contribution in [0.25, 0.3) is 0 Å². The average molecular weight is 284 g/mol. The lowest BCUT2D eigenvalue weighted by Crippen LogP contribution is -2.53.